The van der Waals surface area contributed by atoms with Crippen molar-refractivity contribution in [1.82, 2.24) is 44.5 Å². The second-order valence-corrected chi connectivity index (χ2v) is 9.16. The molecule has 0 bridgehead atoms. The summed E-state index contributed by atoms with van der Waals surface area (Å²) in [6.45, 7) is 0. The minimum Gasteiger partial charge on any atom is -0.492 e. The summed E-state index contributed by atoms with van der Waals surface area (Å²) in [5, 5.41) is 15.2. The summed E-state index contributed by atoms with van der Waals surface area (Å²) >= 11 is 0. The van der Waals surface area contributed by atoms with E-state index in [9.17, 15) is 4.79 Å². The average Bonchev–Trinajstić information content (AvgIpc) is 3.57. The fourth-order valence-electron chi connectivity index (χ4n) is 4.10. The number of methoxy groups -OCH3 is 1. The van der Waals surface area contributed by atoms with Crippen LogP contribution in [-0.2, 0) is 14.1 Å². The third-order valence-corrected chi connectivity index (χ3v) is 6.20. The van der Waals surface area contributed by atoms with Crippen molar-refractivity contribution >= 4 is 28.9 Å². The Morgan fingerprint density at radius 3 is 2.28 bits per heavy atom. The number of aromatic nitrogens is 9. The van der Waals surface area contributed by atoms with Crippen LogP contribution in [0.3, 0.4) is 0 Å². The lowest BCUT2D eigenvalue weighted by Gasteiger charge is -2.16. The molecule has 0 spiro atoms. The van der Waals surface area contributed by atoms with Gasteiger partial charge in [-0.1, -0.05) is 0 Å². The molecule has 1 saturated carbocycles. The van der Waals surface area contributed by atoms with Crippen LogP contribution in [0.5, 0.6) is 5.75 Å². The van der Waals surface area contributed by atoms with E-state index in [0.29, 0.717) is 51.7 Å². The van der Waals surface area contributed by atoms with Crippen molar-refractivity contribution in [3.05, 3.63) is 61.1 Å². The van der Waals surface area contributed by atoms with Crippen molar-refractivity contribution in [1.29, 1.82) is 0 Å². The smallest absolute Gasteiger partial charge is 0.185 e. The lowest BCUT2D eigenvalue weighted by Crippen LogP contribution is -2.09. The first-order chi connectivity index (χ1) is 19.0. The average molecular weight is 524 g/mol. The molecule has 0 amide bonds. The number of aryl methyl sites for hydroxylation is 2. The van der Waals surface area contributed by atoms with E-state index >= 15 is 0 Å². The molecule has 196 valence electrons. The summed E-state index contributed by atoms with van der Waals surface area (Å²) in [7, 11) is 5.16. The number of carbonyl (C=O) groups excluding carboxylic acids is 1. The van der Waals surface area contributed by atoms with E-state index in [2.05, 4.69) is 45.8 Å². The van der Waals surface area contributed by atoms with Crippen molar-refractivity contribution in [3.8, 4) is 28.5 Å². The molecular weight excluding hydrogens is 498 g/mol. The highest BCUT2D eigenvalue weighted by Gasteiger charge is 2.32. The Kier molecular flexibility index (Phi) is 6.15. The van der Waals surface area contributed by atoms with E-state index in [1.807, 2.05) is 19.2 Å². The number of nitrogens with one attached hydrogen (secondary N) is 2. The quantitative estimate of drug-likeness (QED) is 0.273. The molecule has 5 heterocycles. The van der Waals surface area contributed by atoms with Crippen molar-refractivity contribution < 1.29 is 9.53 Å². The van der Waals surface area contributed by atoms with Crippen LogP contribution in [0.4, 0.5) is 23.1 Å². The Morgan fingerprint density at radius 2 is 1.64 bits per heavy atom. The summed E-state index contributed by atoms with van der Waals surface area (Å²) < 4.78 is 8.95. The van der Waals surface area contributed by atoms with Crippen LogP contribution in [0.2, 0.25) is 0 Å². The van der Waals surface area contributed by atoms with Crippen LogP contribution in [0.15, 0.2) is 55.5 Å². The van der Waals surface area contributed by atoms with Gasteiger partial charge in [0.05, 0.1) is 23.9 Å². The van der Waals surface area contributed by atoms with E-state index in [-0.39, 0.29) is 11.7 Å². The van der Waals surface area contributed by atoms with Crippen LogP contribution < -0.4 is 15.4 Å². The number of nitrogens with zero attached hydrogens (tertiary/aromatic N) is 9. The Morgan fingerprint density at radius 1 is 0.897 bits per heavy atom. The van der Waals surface area contributed by atoms with Crippen LogP contribution >= 0.6 is 0 Å². The van der Waals surface area contributed by atoms with E-state index in [1.165, 1.54) is 0 Å². The van der Waals surface area contributed by atoms with Crippen LogP contribution in [0.1, 0.15) is 23.2 Å². The molecule has 5 aromatic rings. The molecule has 13 heteroatoms. The van der Waals surface area contributed by atoms with Crippen molar-refractivity contribution in [3.63, 3.8) is 0 Å². The van der Waals surface area contributed by atoms with Crippen LogP contribution in [0.25, 0.3) is 22.8 Å². The molecule has 0 unspecified atom stereocenters. The number of carbonyl (C=O) groups is 1. The van der Waals surface area contributed by atoms with E-state index in [0.717, 1.165) is 18.4 Å². The molecule has 39 heavy (non-hydrogen) atoms. The normalized spacial score (nSPS) is 12.8. The van der Waals surface area contributed by atoms with Crippen molar-refractivity contribution in [2.24, 2.45) is 20.0 Å². The molecule has 1 aliphatic rings. The first-order valence-corrected chi connectivity index (χ1v) is 12.3. The molecular formula is C26H25N11O2. The molecule has 2 N–H and O–H groups in total. The fraction of sp³-hybridized carbons (Fsp3) is 0.231. The lowest BCUT2D eigenvalue weighted by atomic mass is 10.1. The molecule has 1 aliphatic carbocycles. The Labute approximate surface area is 223 Å². The van der Waals surface area contributed by atoms with Gasteiger partial charge in [-0.25, -0.2) is 24.9 Å². The number of ketones is 1. The van der Waals surface area contributed by atoms with Gasteiger partial charge in [-0.05, 0) is 31.0 Å². The highest BCUT2D eigenvalue weighted by Crippen LogP contribution is 2.38. The van der Waals surface area contributed by atoms with Gasteiger partial charge in [-0.3, -0.25) is 14.2 Å². The Bertz CT molecular complexity index is 1650. The number of anilines is 4. The zero-order valence-electron chi connectivity index (χ0n) is 21.5. The summed E-state index contributed by atoms with van der Waals surface area (Å²) in [4.78, 5) is 35.1. The maximum atomic E-state index is 13.1. The zero-order chi connectivity index (χ0) is 26.9. The molecule has 6 rings (SSSR count). The molecule has 0 aliphatic heterocycles. The summed E-state index contributed by atoms with van der Waals surface area (Å²) in [5.74, 6) is 3.11. The monoisotopic (exact) mass is 523 g/mol. The Hall–Kier alpha value is -5.20. The van der Waals surface area contributed by atoms with Gasteiger partial charge in [0, 0.05) is 50.2 Å². The predicted octanol–water partition coefficient (Wildman–Crippen LogP) is 3.55. The maximum Gasteiger partial charge on any atom is 0.185 e. The van der Waals surface area contributed by atoms with Gasteiger partial charge in [0.1, 0.15) is 24.3 Å². The Balaban J connectivity index is 1.31. The number of pyridine rings is 3. The minimum absolute atomic E-state index is 0.0134. The van der Waals surface area contributed by atoms with E-state index < -0.39 is 0 Å². The van der Waals surface area contributed by atoms with Crippen LogP contribution in [0, 0.1) is 5.92 Å². The summed E-state index contributed by atoms with van der Waals surface area (Å²) in [6.07, 6.45) is 9.91. The standard InChI is InChI=1S/C26H25N11O2/c1-36-13-30-24(34-36)16-6-7-20(28-11-16)33-21-10-19(18(12-29-21)22(38)15-4-5-15)32-26-23(39-3)17(8-9-27-26)25-31-14-37(2)35-25/h6-15H,4-5H2,1-3H3,(H2,27,28,29,32,33). The van der Waals surface area contributed by atoms with Gasteiger partial charge in [-0.2, -0.15) is 10.2 Å². The number of Topliss-reactive ketones (excluding diaryl/α,β-unsaturated/α-hetero) is 1. The van der Waals surface area contributed by atoms with Gasteiger partial charge in [0.25, 0.3) is 0 Å². The van der Waals surface area contributed by atoms with Gasteiger partial charge < -0.3 is 15.4 Å². The summed E-state index contributed by atoms with van der Waals surface area (Å²) in [6, 6.07) is 7.24. The largest absolute Gasteiger partial charge is 0.492 e. The molecule has 0 aromatic carbocycles. The maximum absolute atomic E-state index is 13.1. The number of hydrogen-bond donors (Lipinski definition) is 2. The third-order valence-electron chi connectivity index (χ3n) is 6.20. The van der Waals surface area contributed by atoms with Gasteiger partial charge in [0.2, 0.25) is 0 Å². The minimum atomic E-state index is 0.0134. The first-order valence-electron chi connectivity index (χ1n) is 12.3. The predicted molar refractivity (Wildman–Crippen MR) is 143 cm³/mol. The third kappa shape index (κ3) is 5.01. The van der Waals surface area contributed by atoms with Crippen LogP contribution in [-0.4, -0.2) is 57.4 Å². The molecule has 13 nitrogen and oxygen atoms in total. The highest BCUT2D eigenvalue weighted by molar-refractivity contribution is 6.04. The SMILES string of the molecule is COc1c(-c2ncn(C)n2)ccnc1Nc1cc(Nc2ccc(-c3ncn(C)n3)cn2)ncc1C(=O)C1CC1. The van der Waals surface area contributed by atoms with Gasteiger partial charge in [-0.15, -0.1) is 0 Å². The second-order valence-electron chi connectivity index (χ2n) is 9.16. The fourth-order valence-corrected chi connectivity index (χ4v) is 4.10. The molecule has 1 fully saturated rings. The molecule has 0 saturated heterocycles. The van der Waals surface area contributed by atoms with Gasteiger partial charge in [0.15, 0.2) is 29.0 Å². The number of hydrogen-bond acceptors (Lipinski definition) is 11. The topological polar surface area (TPSA) is 150 Å². The number of ether oxygens (including phenoxy) is 1. The van der Waals surface area contributed by atoms with Crippen molar-refractivity contribution in [2.75, 3.05) is 17.7 Å². The molecule has 0 atom stereocenters. The first kappa shape index (κ1) is 24.2. The summed E-state index contributed by atoms with van der Waals surface area (Å²) in [5.41, 5.74) is 2.50. The van der Waals surface area contributed by atoms with E-state index in [1.54, 1.807) is 66.9 Å². The molecule has 5 aromatic heterocycles. The van der Waals surface area contributed by atoms with E-state index in [4.69, 9.17) is 4.74 Å². The van der Waals surface area contributed by atoms with Crippen molar-refractivity contribution in [2.45, 2.75) is 12.8 Å². The van der Waals surface area contributed by atoms with Gasteiger partial charge >= 0.3 is 0 Å². The highest BCUT2D eigenvalue weighted by atomic mass is 16.5. The second kappa shape index (κ2) is 9.93. The lowest BCUT2D eigenvalue weighted by molar-refractivity contribution is 0.0968. The number of rotatable bonds is 9. The molecule has 0 radical (unpaired) electrons. The zero-order valence-corrected chi connectivity index (χ0v) is 21.5.